The first-order valence-corrected chi connectivity index (χ1v) is 37.7. The van der Waals surface area contributed by atoms with Crippen molar-refractivity contribution in [3.05, 3.63) is 399 Å². The molecule has 0 N–H and O–H groups in total. The molecule has 0 aliphatic carbocycles. The summed E-state index contributed by atoms with van der Waals surface area (Å²) in [7, 11) is 0. The van der Waals surface area contributed by atoms with Gasteiger partial charge in [0, 0.05) is 32.9 Å². The van der Waals surface area contributed by atoms with Crippen LogP contribution in [0.15, 0.2) is 382 Å². The van der Waals surface area contributed by atoms with Gasteiger partial charge in [0.05, 0.1) is 22.1 Å². The first-order valence-electron chi connectivity index (χ1n) is 37.7. The first kappa shape index (κ1) is 65.4. The molecule has 512 valence electrons. The maximum absolute atomic E-state index is 2.48. The van der Waals surface area contributed by atoms with Gasteiger partial charge in [0.15, 0.2) is 0 Å². The van der Waals surface area contributed by atoms with Crippen molar-refractivity contribution in [1.29, 1.82) is 0 Å². The molecule has 0 fully saturated rings. The zero-order valence-corrected chi connectivity index (χ0v) is 61.3. The van der Waals surface area contributed by atoms with E-state index in [1.165, 1.54) is 198 Å². The summed E-state index contributed by atoms with van der Waals surface area (Å²) < 4.78 is 4.90. The number of benzene rings is 18. The highest BCUT2D eigenvalue weighted by atomic mass is 15.0. The number of hydrogen-bond acceptors (Lipinski definition) is 0. The third-order valence-corrected chi connectivity index (χ3v) is 22.4. The van der Waals surface area contributed by atoms with Crippen LogP contribution in [-0.2, 0) is 5.41 Å². The topological polar surface area (TPSA) is 9.86 Å². The Hall–Kier alpha value is -13.4. The lowest BCUT2D eigenvalue weighted by Gasteiger charge is -2.24. The molecule has 20 rings (SSSR count). The van der Waals surface area contributed by atoms with E-state index >= 15 is 0 Å². The molecule has 0 saturated carbocycles. The number of aryl methyl sites for hydroxylation is 2. The van der Waals surface area contributed by atoms with Gasteiger partial charge < -0.3 is 9.13 Å². The van der Waals surface area contributed by atoms with E-state index < -0.39 is 0 Å². The van der Waals surface area contributed by atoms with Crippen molar-refractivity contribution in [2.45, 2.75) is 40.0 Å². The van der Waals surface area contributed by atoms with Crippen molar-refractivity contribution in [3.8, 4) is 100 Å². The van der Waals surface area contributed by atoms with Crippen molar-refractivity contribution >= 4 is 86.7 Å². The van der Waals surface area contributed by atoms with Gasteiger partial charge in [-0.1, -0.05) is 330 Å². The van der Waals surface area contributed by atoms with Crippen LogP contribution in [0.1, 0.15) is 37.5 Å². The zero-order valence-electron chi connectivity index (χ0n) is 61.3. The van der Waals surface area contributed by atoms with Crippen LogP contribution < -0.4 is 0 Å². The molecule has 0 unspecified atom stereocenters. The van der Waals surface area contributed by atoms with E-state index in [1.807, 2.05) is 0 Å². The normalized spacial score (nSPS) is 11.8. The lowest BCUT2D eigenvalue weighted by Crippen LogP contribution is -2.10. The summed E-state index contributed by atoms with van der Waals surface area (Å²) in [5, 5.41) is 15.2. The second-order valence-corrected chi connectivity index (χ2v) is 29.9. The summed E-state index contributed by atoms with van der Waals surface area (Å²) in [4.78, 5) is 0. The molecular weight excluding hydrogens is 1300 g/mol. The average molecular weight is 1380 g/mol. The highest BCUT2D eigenvalue weighted by molar-refractivity contribution is 6.24. The molecule has 0 spiro atoms. The Labute approximate surface area is 631 Å². The highest BCUT2D eigenvalue weighted by Crippen LogP contribution is 2.50. The van der Waals surface area contributed by atoms with Crippen LogP contribution in [0.25, 0.3) is 187 Å². The molecule has 2 nitrogen and oxygen atoms in total. The van der Waals surface area contributed by atoms with Gasteiger partial charge in [0.25, 0.3) is 0 Å². The molecule has 0 saturated heterocycles. The Morgan fingerprint density at radius 1 is 0.194 bits per heavy atom. The summed E-state index contributed by atoms with van der Waals surface area (Å²) in [6.07, 6.45) is 0. The summed E-state index contributed by atoms with van der Waals surface area (Å²) in [5.74, 6) is 0. The highest BCUT2D eigenvalue weighted by Gasteiger charge is 2.25. The van der Waals surface area contributed by atoms with Crippen LogP contribution >= 0.6 is 0 Å². The summed E-state index contributed by atoms with van der Waals surface area (Å²) in [5.41, 5.74) is 31.0. The van der Waals surface area contributed by atoms with Crippen LogP contribution in [0.2, 0.25) is 0 Å². The minimum atomic E-state index is 0.00202. The van der Waals surface area contributed by atoms with Gasteiger partial charge in [0.1, 0.15) is 0 Å². The van der Waals surface area contributed by atoms with E-state index in [2.05, 4.69) is 426 Å². The predicted molar refractivity (Wildman–Crippen MR) is 463 cm³/mol. The molecule has 2 heterocycles. The third kappa shape index (κ3) is 11.4. The molecule has 0 atom stereocenters. The Morgan fingerprint density at radius 3 is 1.01 bits per heavy atom. The van der Waals surface area contributed by atoms with Crippen LogP contribution in [0, 0.1) is 13.8 Å². The minimum absolute atomic E-state index is 0.00202. The van der Waals surface area contributed by atoms with Crippen molar-refractivity contribution in [2.75, 3.05) is 0 Å². The molecule has 0 amide bonds. The number of rotatable bonds is 10. The predicted octanol–water partition coefficient (Wildman–Crippen LogP) is 29.4. The van der Waals surface area contributed by atoms with E-state index in [0.717, 1.165) is 5.69 Å². The molecule has 2 heteroatoms. The standard InChI is InChI=1S/C54H41N.C52H37N/c1-54(2,3)40-29-32-47-49(35-40)53(44-22-11-10-20-42(44)37-18-8-5-9-19-37)46-24-13-12-23-45(46)52(47)38-26-30-41(31-27-38)55-50-25-15-14-21-43(50)48-34-39(28-33-51(48)55)36-16-6-4-7-17-36;1-34-31-50(35(2)30-45(34)52-43-24-14-12-22-41(43)51(38-20-10-5-11-21-38)42-23-13-15-25-44(42)52)53-48-28-26-39(36-16-6-3-7-17-36)32-46(48)47-33-40(27-29-49(47)53)37-18-8-4-9-19-37/h4-35H,1-3H3;3-33H,1-2H3. The second kappa shape index (κ2) is 26.9. The summed E-state index contributed by atoms with van der Waals surface area (Å²) in [6, 6.07) is 140. The van der Waals surface area contributed by atoms with E-state index in [0.29, 0.717) is 0 Å². The number of para-hydroxylation sites is 1. The quantitative estimate of drug-likeness (QED) is 0.121. The molecule has 18 aromatic carbocycles. The number of hydrogen-bond donors (Lipinski definition) is 0. The fourth-order valence-corrected chi connectivity index (χ4v) is 17.2. The maximum Gasteiger partial charge on any atom is 0.0541 e. The largest absolute Gasteiger partial charge is 0.309 e. The molecule has 0 aliphatic rings. The Kier molecular flexibility index (Phi) is 16.3. The number of nitrogens with zero attached hydrogens (tertiary/aromatic N) is 2. The fraction of sp³-hybridized carbons (Fsp3) is 0.0566. The van der Waals surface area contributed by atoms with Gasteiger partial charge >= 0.3 is 0 Å². The molecule has 0 radical (unpaired) electrons. The molecule has 108 heavy (non-hydrogen) atoms. The zero-order chi connectivity index (χ0) is 72.6. The van der Waals surface area contributed by atoms with Crippen LogP contribution in [0.4, 0.5) is 0 Å². The van der Waals surface area contributed by atoms with Crippen molar-refractivity contribution in [2.24, 2.45) is 0 Å². The maximum atomic E-state index is 2.48. The monoisotopic (exact) mass is 1380 g/mol. The van der Waals surface area contributed by atoms with Gasteiger partial charge in [-0.3, -0.25) is 0 Å². The minimum Gasteiger partial charge on any atom is -0.309 e. The van der Waals surface area contributed by atoms with E-state index in [4.69, 9.17) is 0 Å². The Bertz CT molecular complexity index is 6700. The van der Waals surface area contributed by atoms with Gasteiger partial charge in [-0.25, -0.2) is 0 Å². The van der Waals surface area contributed by atoms with Crippen LogP contribution in [0.5, 0.6) is 0 Å². The number of fused-ring (bicyclic) bond motifs is 10. The van der Waals surface area contributed by atoms with Crippen molar-refractivity contribution in [3.63, 3.8) is 0 Å². The SMILES string of the molecule is CC(C)(C)c1ccc2c(-c3ccc(-n4c5ccccc5c5cc(-c6ccccc6)ccc54)cc3)c3ccccc3c(-c3ccccc3-c3ccccc3)c2c1.Cc1cc(-n2c3ccc(-c4ccccc4)cc3c3cc(-c4ccccc4)ccc32)c(C)cc1-c1c2ccccc2c(-c2ccccc2)c2ccccc12. The van der Waals surface area contributed by atoms with Crippen molar-refractivity contribution < 1.29 is 0 Å². The molecular formula is C106H78N2. The fourth-order valence-electron chi connectivity index (χ4n) is 17.2. The lowest BCUT2D eigenvalue weighted by atomic mass is 9.80. The Morgan fingerprint density at radius 2 is 0.537 bits per heavy atom. The summed E-state index contributed by atoms with van der Waals surface area (Å²) >= 11 is 0. The smallest absolute Gasteiger partial charge is 0.0541 e. The molecule has 0 aliphatic heterocycles. The first-order chi connectivity index (χ1) is 53.1. The van der Waals surface area contributed by atoms with Gasteiger partial charge in [-0.2, -0.15) is 0 Å². The van der Waals surface area contributed by atoms with Gasteiger partial charge in [-0.05, 0) is 241 Å². The molecule has 2 aromatic heterocycles. The second-order valence-electron chi connectivity index (χ2n) is 29.9. The van der Waals surface area contributed by atoms with Crippen molar-refractivity contribution in [1.82, 2.24) is 9.13 Å². The third-order valence-electron chi connectivity index (χ3n) is 22.4. The number of aromatic nitrogens is 2. The van der Waals surface area contributed by atoms with Crippen LogP contribution in [-0.4, -0.2) is 9.13 Å². The summed E-state index contributed by atoms with van der Waals surface area (Å²) in [6.45, 7) is 11.5. The van der Waals surface area contributed by atoms with E-state index in [1.54, 1.807) is 0 Å². The van der Waals surface area contributed by atoms with E-state index in [-0.39, 0.29) is 5.41 Å². The lowest BCUT2D eigenvalue weighted by molar-refractivity contribution is 0.591. The average Bonchev–Trinajstić information content (AvgIpc) is 1.06. The van der Waals surface area contributed by atoms with E-state index in [9.17, 15) is 0 Å². The Balaban J connectivity index is 0.000000147. The van der Waals surface area contributed by atoms with Crippen LogP contribution in [0.3, 0.4) is 0 Å². The van der Waals surface area contributed by atoms with Gasteiger partial charge in [0.2, 0.25) is 0 Å². The molecule has 20 aromatic rings. The molecule has 0 bridgehead atoms. The van der Waals surface area contributed by atoms with Gasteiger partial charge in [-0.15, -0.1) is 0 Å².